The van der Waals surface area contributed by atoms with Crippen LogP contribution in [0.5, 0.6) is 5.75 Å². The second-order valence-corrected chi connectivity index (χ2v) is 3.23. The first kappa shape index (κ1) is 12.6. The molecule has 17 heavy (non-hydrogen) atoms. The molecule has 0 aliphatic carbocycles. The number of ether oxygens (including phenoxy) is 1. The molecule has 90 valence electrons. The molecule has 0 heterocycles. The van der Waals surface area contributed by atoms with Gasteiger partial charge in [-0.15, -0.1) is 0 Å². The highest BCUT2D eigenvalue weighted by Crippen LogP contribution is 2.28. The van der Waals surface area contributed by atoms with Crippen molar-refractivity contribution >= 4 is 11.8 Å². The number of hydrogen-bond acceptors (Lipinski definition) is 5. The third-order valence-electron chi connectivity index (χ3n) is 2.06. The van der Waals surface area contributed by atoms with Crippen molar-refractivity contribution in [3.05, 3.63) is 49.7 Å². The van der Waals surface area contributed by atoms with Crippen molar-refractivity contribution in [2.24, 2.45) is 0 Å². The van der Waals surface area contributed by atoms with Gasteiger partial charge in [0, 0.05) is 19.1 Å². The quantitative estimate of drug-likeness (QED) is 0.592. The zero-order valence-electron chi connectivity index (χ0n) is 9.25. The van der Waals surface area contributed by atoms with Gasteiger partial charge in [0.05, 0.1) is 17.0 Å². The van der Waals surface area contributed by atoms with Crippen LogP contribution in [0.1, 0.15) is 12.5 Å². The lowest BCUT2D eigenvalue weighted by molar-refractivity contribution is -0.422. The van der Waals surface area contributed by atoms with Gasteiger partial charge in [-0.25, -0.2) is 0 Å². The maximum Gasteiger partial charge on any atom is 0.311 e. The maximum absolute atomic E-state index is 10.7. The average molecular weight is 238 g/mol. The molecule has 0 saturated carbocycles. The molecule has 0 radical (unpaired) electrons. The number of nitro groups is 2. The molecule has 0 spiro atoms. The van der Waals surface area contributed by atoms with E-state index in [1.807, 2.05) is 0 Å². The summed E-state index contributed by atoms with van der Waals surface area (Å²) in [5.41, 5.74) is 0.0635. The second-order valence-electron chi connectivity index (χ2n) is 3.23. The minimum atomic E-state index is -0.600. The van der Waals surface area contributed by atoms with Crippen LogP contribution in [0, 0.1) is 20.2 Å². The molecule has 0 unspecified atom stereocenters. The van der Waals surface area contributed by atoms with Gasteiger partial charge in [0.2, 0.25) is 5.70 Å². The standard InChI is InChI=1S/C10H10N2O5/c1-7(11(13)14)5-8-3-4-10(17-2)9(6-8)12(15)16/h3-6H,1-2H3/b7-5+. The van der Waals surface area contributed by atoms with E-state index >= 15 is 0 Å². The molecule has 0 aliphatic rings. The lowest BCUT2D eigenvalue weighted by Crippen LogP contribution is -1.96. The SMILES string of the molecule is COc1ccc(/C=C(\C)[N+](=O)[O-])cc1[N+](=O)[O-]. The highest BCUT2D eigenvalue weighted by molar-refractivity contribution is 5.59. The number of benzene rings is 1. The van der Waals surface area contributed by atoms with E-state index in [4.69, 9.17) is 4.74 Å². The van der Waals surface area contributed by atoms with Gasteiger partial charge in [-0.05, 0) is 11.6 Å². The average Bonchev–Trinajstić information content (AvgIpc) is 2.28. The van der Waals surface area contributed by atoms with Crippen molar-refractivity contribution in [3.8, 4) is 5.75 Å². The van der Waals surface area contributed by atoms with Crippen LogP contribution in [0.4, 0.5) is 5.69 Å². The Labute approximate surface area is 96.6 Å². The predicted octanol–water partition coefficient (Wildman–Crippen LogP) is 2.24. The highest BCUT2D eigenvalue weighted by Gasteiger charge is 2.15. The minimum absolute atomic E-state index is 0.0931. The molecule has 0 fully saturated rings. The summed E-state index contributed by atoms with van der Waals surface area (Å²) in [7, 11) is 1.32. The number of methoxy groups -OCH3 is 1. The van der Waals surface area contributed by atoms with E-state index in [0.29, 0.717) is 5.56 Å². The first-order chi connectivity index (χ1) is 7.95. The van der Waals surface area contributed by atoms with E-state index in [2.05, 4.69) is 0 Å². The molecule has 0 aromatic heterocycles. The third-order valence-corrected chi connectivity index (χ3v) is 2.06. The molecular weight excluding hydrogens is 228 g/mol. The number of hydrogen-bond donors (Lipinski definition) is 0. The topological polar surface area (TPSA) is 95.5 Å². The van der Waals surface area contributed by atoms with Crippen LogP contribution in [0.25, 0.3) is 6.08 Å². The van der Waals surface area contributed by atoms with Crippen LogP contribution in [0.3, 0.4) is 0 Å². The highest BCUT2D eigenvalue weighted by atomic mass is 16.6. The summed E-state index contributed by atoms with van der Waals surface area (Å²) in [6.07, 6.45) is 1.26. The second kappa shape index (κ2) is 5.06. The van der Waals surface area contributed by atoms with E-state index in [0.717, 1.165) is 0 Å². The van der Waals surface area contributed by atoms with Gasteiger partial charge in [-0.2, -0.15) is 0 Å². The van der Waals surface area contributed by atoms with Crippen LogP contribution < -0.4 is 4.74 Å². The lowest BCUT2D eigenvalue weighted by Gasteiger charge is -2.01. The fourth-order valence-corrected chi connectivity index (χ4v) is 1.23. The molecule has 0 saturated heterocycles. The van der Waals surface area contributed by atoms with Gasteiger partial charge in [0.25, 0.3) is 0 Å². The molecule has 0 amide bonds. The Bertz CT molecular complexity index is 495. The lowest BCUT2D eigenvalue weighted by atomic mass is 10.1. The Balaban J connectivity index is 3.22. The summed E-state index contributed by atoms with van der Waals surface area (Å²) in [4.78, 5) is 20.0. The van der Waals surface area contributed by atoms with Crippen molar-refractivity contribution in [1.29, 1.82) is 0 Å². The number of allylic oxidation sites excluding steroid dienone is 1. The van der Waals surface area contributed by atoms with Gasteiger partial charge in [0.1, 0.15) is 0 Å². The Kier molecular flexibility index (Phi) is 3.76. The van der Waals surface area contributed by atoms with Crippen LogP contribution in [0.15, 0.2) is 23.9 Å². The van der Waals surface area contributed by atoms with E-state index in [-0.39, 0.29) is 17.1 Å². The monoisotopic (exact) mass is 238 g/mol. The van der Waals surface area contributed by atoms with Crippen molar-refractivity contribution < 1.29 is 14.6 Å². The third kappa shape index (κ3) is 3.00. The van der Waals surface area contributed by atoms with E-state index in [1.54, 1.807) is 0 Å². The zero-order valence-corrected chi connectivity index (χ0v) is 9.25. The smallest absolute Gasteiger partial charge is 0.311 e. The molecule has 0 bridgehead atoms. The molecule has 7 heteroatoms. The fraction of sp³-hybridized carbons (Fsp3) is 0.200. The molecule has 1 aromatic rings. The van der Waals surface area contributed by atoms with Crippen LogP contribution in [0.2, 0.25) is 0 Å². The van der Waals surface area contributed by atoms with Crippen molar-refractivity contribution in [2.45, 2.75) is 6.92 Å². The van der Waals surface area contributed by atoms with E-state index < -0.39 is 9.85 Å². The predicted molar refractivity (Wildman–Crippen MR) is 60.3 cm³/mol. The zero-order chi connectivity index (χ0) is 13.0. The van der Waals surface area contributed by atoms with Crippen LogP contribution in [-0.4, -0.2) is 17.0 Å². The first-order valence-corrected chi connectivity index (χ1v) is 4.61. The van der Waals surface area contributed by atoms with Crippen LogP contribution in [-0.2, 0) is 0 Å². The fourth-order valence-electron chi connectivity index (χ4n) is 1.23. The summed E-state index contributed by atoms with van der Waals surface area (Å²) < 4.78 is 4.82. The molecule has 0 aliphatic heterocycles. The summed E-state index contributed by atoms with van der Waals surface area (Å²) in [6, 6.07) is 4.14. The Hall–Kier alpha value is -2.44. The summed E-state index contributed by atoms with van der Waals surface area (Å²) in [5, 5.41) is 21.1. The van der Waals surface area contributed by atoms with Gasteiger partial charge in [-0.1, -0.05) is 6.07 Å². The number of nitro benzene ring substituents is 1. The summed E-state index contributed by atoms with van der Waals surface area (Å²) >= 11 is 0. The maximum atomic E-state index is 10.7. The van der Waals surface area contributed by atoms with Crippen molar-refractivity contribution in [2.75, 3.05) is 7.11 Å². The van der Waals surface area contributed by atoms with E-state index in [1.165, 1.54) is 38.3 Å². The summed E-state index contributed by atoms with van der Waals surface area (Å²) in [5.74, 6) is 0.117. The summed E-state index contributed by atoms with van der Waals surface area (Å²) in [6.45, 7) is 1.32. The number of rotatable bonds is 4. The van der Waals surface area contributed by atoms with Gasteiger partial charge < -0.3 is 4.74 Å². The Morgan fingerprint density at radius 2 is 2.00 bits per heavy atom. The normalized spacial score (nSPS) is 11.1. The molecule has 7 nitrogen and oxygen atoms in total. The molecule has 0 N–H and O–H groups in total. The minimum Gasteiger partial charge on any atom is -0.490 e. The van der Waals surface area contributed by atoms with Crippen molar-refractivity contribution in [3.63, 3.8) is 0 Å². The molecule has 1 rings (SSSR count). The van der Waals surface area contributed by atoms with Gasteiger partial charge >= 0.3 is 5.69 Å². The first-order valence-electron chi connectivity index (χ1n) is 4.61. The van der Waals surface area contributed by atoms with E-state index in [9.17, 15) is 20.2 Å². The molecule has 1 aromatic carbocycles. The van der Waals surface area contributed by atoms with Crippen molar-refractivity contribution in [1.82, 2.24) is 0 Å². The van der Waals surface area contributed by atoms with Gasteiger partial charge in [-0.3, -0.25) is 20.2 Å². The Morgan fingerprint density at radius 1 is 1.35 bits per heavy atom. The molecule has 0 atom stereocenters. The number of nitrogens with zero attached hydrogens (tertiary/aromatic N) is 2. The van der Waals surface area contributed by atoms with Crippen LogP contribution >= 0.6 is 0 Å². The Morgan fingerprint density at radius 3 is 2.47 bits per heavy atom. The largest absolute Gasteiger partial charge is 0.490 e. The van der Waals surface area contributed by atoms with Gasteiger partial charge in [0.15, 0.2) is 5.75 Å². The molecular formula is C10H10N2O5.